The molecule has 0 radical (unpaired) electrons. The molecule has 1 aliphatic heterocycles. The summed E-state index contributed by atoms with van der Waals surface area (Å²) in [5.41, 5.74) is 8.56. The zero-order valence-corrected chi connectivity index (χ0v) is 20.4. The summed E-state index contributed by atoms with van der Waals surface area (Å²) in [6, 6.07) is 19.6. The van der Waals surface area contributed by atoms with Gasteiger partial charge in [0.15, 0.2) is 5.65 Å². The molecule has 2 aromatic carbocycles. The minimum absolute atomic E-state index is 0.0603. The summed E-state index contributed by atoms with van der Waals surface area (Å²) in [6.45, 7) is 1.33. The molecule has 0 saturated carbocycles. The maximum atomic E-state index is 13.2. The fourth-order valence-electron chi connectivity index (χ4n) is 4.36. The lowest BCUT2D eigenvalue weighted by molar-refractivity contribution is 0.0882. The molecule has 10 heteroatoms. The van der Waals surface area contributed by atoms with Gasteiger partial charge in [0.1, 0.15) is 6.61 Å². The minimum atomic E-state index is -3.80. The minimum Gasteiger partial charge on any atom is -0.445 e. The topological polar surface area (TPSA) is 120 Å². The van der Waals surface area contributed by atoms with Crippen LogP contribution < -0.4 is 11.1 Å². The normalized spacial score (nSPS) is 14.6. The molecule has 0 atom stereocenters. The van der Waals surface area contributed by atoms with Crippen molar-refractivity contribution in [2.45, 2.75) is 30.4 Å². The largest absolute Gasteiger partial charge is 0.445 e. The second-order valence-electron chi connectivity index (χ2n) is 8.70. The number of carbonyl (C=O) groups excluding carboxylic acids is 1. The third-order valence-corrected chi connectivity index (χ3v) is 8.00. The predicted octanol–water partition coefficient (Wildman–Crippen LogP) is 4.07. The summed E-state index contributed by atoms with van der Waals surface area (Å²) >= 11 is 0. The van der Waals surface area contributed by atoms with Crippen LogP contribution in [0.2, 0.25) is 0 Å². The maximum Gasteiger partial charge on any atom is 0.410 e. The highest BCUT2D eigenvalue weighted by atomic mass is 32.2. The molecule has 1 saturated heterocycles. The van der Waals surface area contributed by atoms with Gasteiger partial charge in [0.2, 0.25) is 0 Å². The number of carbonyl (C=O) groups is 1. The number of likely N-dealkylation sites (tertiary alicyclic amines) is 1. The number of ether oxygens (including phenoxy) is 1. The molecule has 0 spiro atoms. The van der Waals surface area contributed by atoms with E-state index < -0.39 is 10.0 Å². The van der Waals surface area contributed by atoms with Gasteiger partial charge in [0.25, 0.3) is 10.0 Å². The molecule has 5 rings (SSSR count). The molecule has 3 heterocycles. The number of aromatic nitrogens is 2. The van der Waals surface area contributed by atoms with Crippen LogP contribution in [-0.2, 0) is 21.4 Å². The Morgan fingerprint density at radius 3 is 2.39 bits per heavy atom. The highest BCUT2D eigenvalue weighted by Gasteiger charge is 2.26. The zero-order valence-electron chi connectivity index (χ0n) is 19.6. The summed E-state index contributed by atoms with van der Waals surface area (Å²) < 4.78 is 32.9. The SMILES string of the molecule is Nc1cnc2c(ccn2S(=O)(=O)c2ccccc2)c1NC1CCN(C(=O)OCc2ccccc2)CC1. The smallest absolute Gasteiger partial charge is 0.410 e. The number of nitrogens with zero attached hydrogens (tertiary/aromatic N) is 3. The van der Waals surface area contributed by atoms with Crippen molar-refractivity contribution in [3.8, 4) is 0 Å². The molecule has 0 bridgehead atoms. The first-order valence-electron chi connectivity index (χ1n) is 11.7. The molecular formula is C26H27N5O4S. The van der Waals surface area contributed by atoms with E-state index in [1.165, 1.54) is 16.4 Å². The molecule has 1 amide bonds. The molecular weight excluding hydrogens is 478 g/mol. The van der Waals surface area contributed by atoms with E-state index in [1.54, 1.807) is 41.3 Å². The molecule has 9 nitrogen and oxygen atoms in total. The van der Waals surface area contributed by atoms with Gasteiger partial charge in [-0.05, 0) is 36.6 Å². The number of amides is 1. The second-order valence-corrected chi connectivity index (χ2v) is 10.5. The summed E-state index contributed by atoms with van der Waals surface area (Å²) in [4.78, 5) is 18.7. The van der Waals surface area contributed by atoms with Crippen LogP contribution in [-0.4, -0.2) is 47.5 Å². The van der Waals surface area contributed by atoms with Crippen LogP contribution in [0.5, 0.6) is 0 Å². The average Bonchev–Trinajstić information content (AvgIpc) is 3.36. The van der Waals surface area contributed by atoms with E-state index in [1.807, 2.05) is 30.3 Å². The van der Waals surface area contributed by atoms with Crippen LogP contribution in [0.3, 0.4) is 0 Å². The third kappa shape index (κ3) is 4.72. The Bertz CT molecular complexity index is 1460. The lowest BCUT2D eigenvalue weighted by atomic mass is 10.0. The second kappa shape index (κ2) is 9.90. The van der Waals surface area contributed by atoms with Crippen LogP contribution in [0.4, 0.5) is 16.2 Å². The third-order valence-electron chi connectivity index (χ3n) is 6.32. The fraction of sp³-hybridized carbons (Fsp3) is 0.231. The van der Waals surface area contributed by atoms with Crippen LogP contribution in [0, 0.1) is 0 Å². The van der Waals surface area contributed by atoms with Gasteiger partial charge in [0.05, 0.1) is 22.5 Å². The Balaban J connectivity index is 1.27. The Labute approximate surface area is 209 Å². The first kappa shape index (κ1) is 23.7. The van der Waals surface area contributed by atoms with Crippen molar-refractivity contribution in [1.82, 2.24) is 13.9 Å². The molecule has 4 aromatic rings. The summed E-state index contributed by atoms with van der Waals surface area (Å²) in [5.74, 6) is 0. The van der Waals surface area contributed by atoms with E-state index >= 15 is 0 Å². The van der Waals surface area contributed by atoms with Gasteiger partial charge in [-0.1, -0.05) is 48.5 Å². The molecule has 3 N–H and O–H groups in total. The first-order chi connectivity index (χ1) is 17.4. The van der Waals surface area contributed by atoms with Crippen LogP contribution in [0.15, 0.2) is 84.0 Å². The van der Waals surface area contributed by atoms with Crippen LogP contribution in [0.1, 0.15) is 18.4 Å². The van der Waals surface area contributed by atoms with Crippen molar-refractivity contribution in [3.63, 3.8) is 0 Å². The molecule has 0 aliphatic carbocycles. The van der Waals surface area contributed by atoms with E-state index in [2.05, 4.69) is 10.3 Å². The van der Waals surface area contributed by atoms with Crippen molar-refractivity contribution >= 4 is 38.5 Å². The number of hydrogen-bond acceptors (Lipinski definition) is 7. The number of benzene rings is 2. The van der Waals surface area contributed by atoms with Gasteiger partial charge in [-0.3, -0.25) is 0 Å². The average molecular weight is 506 g/mol. The quantitative estimate of drug-likeness (QED) is 0.405. The Morgan fingerprint density at radius 1 is 1.03 bits per heavy atom. The summed E-state index contributed by atoms with van der Waals surface area (Å²) in [7, 11) is -3.80. The van der Waals surface area contributed by atoms with E-state index in [9.17, 15) is 13.2 Å². The van der Waals surface area contributed by atoms with Crippen molar-refractivity contribution in [2.24, 2.45) is 0 Å². The lowest BCUT2D eigenvalue weighted by Crippen LogP contribution is -2.42. The fourth-order valence-corrected chi connectivity index (χ4v) is 5.68. The molecule has 36 heavy (non-hydrogen) atoms. The van der Waals surface area contributed by atoms with Crippen LogP contribution >= 0.6 is 0 Å². The van der Waals surface area contributed by atoms with Gasteiger partial charge in [0, 0.05) is 30.7 Å². The van der Waals surface area contributed by atoms with Crippen molar-refractivity contribution in [1.29, 1.82) is 0 Å². The molecule has 0 unspecified atom stereocenters. The molecule has 1 fully saturated rings. The van der Waals surface area contributed by atoms with E-state index in [-0.39, 0.29) is 23.6 Å². The van der Waals surface area contributed by atoms with Gasteiger partial charge in [-0.25, -0.2) is 22.2 Å². The van der Waals surface area contributed by atoms with Crippen molar-refractivity contribution in [3.05, 3.63) is 84.7 Å². The number of rotatable bonds is 6. The van der Waals surface area contributed by atoms with Crippen LogP contribution in [0.25, 0.3) is 11.0 Å². The lowest BCUT2D eigenvalue weighted by Gasteiger charge is -2.32. The number of pyridine rings is 1. The monoisotopic (exact) mass is 505 g/mol. The van der Waals surface area contributed by atoms with Crippen molar-refractivity contribution in [2.75, 3.05) is 24.1 Å². The summed E-state index contributed by atoms with van der Waals surface area (Å²) in [6.07, 6.45) is 4.04. The molecule has 2 aromatic heterocycles. The number of fused-ring (bicyclic) bond motifs is 1. The molecule has 186 valence electrons. The van der Waals surface area contributed by atoms with E-state index in [0.29, 0.717) is 48.3 Å². The van der Waals surface area contributed by atoms with E-state index in [4.69, 9.17) is 10.5 Å². The highest BCUT2D eigenvalue weighted by molar-refractivity contribution is 7.90. The van der Waals surface area contributed by atoms with Gasteiger partial charge in [-0.2, -0.15) is 0 Å². The standard InChI is InChI=1S/C26H27N5O4S/c27-23-17-28-25-22(13-16-31(25)36(33,34)21-9-5-2-6-10-21)24(23)29-20-11-14-30(15-12-20)26(32)35-18-19-7-3-1-4-8-19/h1-10,13,16-17,20H,11-12,14-15,18,27H2,(H,28,29). The van der Waals surface area contributed by atoms with E-state index in [0.717, 1.165) is 5.56 Å². The summed E-state index contributed by atoms with van der Waals surface area (Å²) in [5, 5.41) is 4.09. The number of anilines is 2. The van der Waals surface area contributed by atoms with Crippen molar-refractivity contribution < 1.29 is 17.9 Å². The number of piperidine rings is 1. The zero-order chi connectivity index (χ0) is 25.1. The Morgan fingerprint density at radius 2 is 1.69 bits per heavy atom. The number of nitrogen functional groups attached to an aromatic ring is 1. The maximum absolute atomic E-state index is 13.2. The van der Waals surface area contributed by atoms with Gasteiger partial charge >= 0.3 is 6.09 Å². The number of nitrogens with two attached hydrogens (primary N) is 1. The Hall–Kier alpha value is -4.05. The predicted molar refractivity (Wildman–Crippen MR) is 138 cm³/mol. The number of hydrogen-bond donors (Lipinski definition) is 2. The van der Waals surface area contributed by atoms with Gasteiger partial charge in [-0.15, -0.1) is 0 Å². The number of nitrogens with one attached hydrogen (secondary N) is 1. The first-order valence-corrected chi connectivity index (χ1v) is 13.2. The van der Waals surface area contributed by atoms with Gasteiger partial charge < -0.3 is 20.7 Å². The molecule has 1 aliphatic rings. The Kier molecular flexibility index (Phi) is 6.51. The highest BCUT2D eigenvalue weighted by Crippen LogP contribution is 2.32.